The van der Waals surface area contributed by atoms with Crippen molar-refractivity contribution in [2.45, 2.75) is 12.6 Å². The van der Waals surface area contributed by atoms with E-state index in [1.54, 1.807) is 6.07 Å². The van der Waals surface area contributed by atoms with Crippen LogP contribution in [0.1, 0.15) is 17.2 Å². The maximum Gasteiger partial charge on any atom is 0.275 e. The highest BCUT2D eigenvalue weighted by molar-refractivity contribution is 5.74. The number of ether oxygens (including phenoxy) is 1. The average molecular weight is 291 g/mol. The van der Waals surface area contributed by atoms with Crippen LogP contribution < -0.4 is 4.90 Å². The number of anilines is 1. The van der Waals surface area contributed by atoms with Gasteiger partial charge in [-0.3, -0.25) is 15.0 Å². The predicted octanol–water partition coefficient (Wildman–Crippen LogP) is 1.12. The van der Waals surface area contributed by atoms with Crippen LogP contribution in [0.3, 0.4) is 0 Å². The second-order valence-electron chi connectivity index (χ2n) is 5.35. The minimum absolute atomic E-state index is 0.0310. The average Bonchev–Trinajstić information content (AvgIpc) is 2.82. The lowest BCUT2D eigenvalue weighted by Crippen LogP contribution is -2.36. The smallest absolute Gasteiger partial charge is 0.275 e. The van der Waals surface area contributed by atoms with E-state index < -0.39 is 11.0 Å². The number of likely N-dealkylation sites (N-methyl/N-ethyl adjacent to an activating group) is 1. The molecule has 2 heterocycles. The van der Waals surface area contributed by atoms with E-state index in [0.29, 0.717) is 25.3 Å². The van der Waals surface area contributed by atoms with Crippen molar-refractivity contribution >= 4 is 17.7 Å². The van der Waals surface area contributed by atoms with E-state index in [1.807, 2.05) is 11.9 Å². The van der Waals surface area contributed by atoms with Gasteiger partial charge in [0.05, 0.1) is 29.7 Å². The zero-order chi connectivity index (χ0) is 15.0. The summed E-state index contributed by atoms with van der Waals surface area (Å²) in [4.78, 5) is 26.2. The van der Waals surface area contributed by atoms with E-state index in [2.05, 4.69) is 4.90 Å². The van der Waals surface area contributed by atoms with Crippen molar-refractivity contribution in [3.05, 3.63) is 33.4 Å². The number of carbonyl (C=O) groups is 1. The molecule has 1 unspecified atom stereocenters. The van der Waals surface area contributed by atoms with Crippen molar-refractivity contribution in [3.8, 4) is 0 Å². The van der Waals surface area contributed by atoms with Gasteiger partial charge in [0, 0.05) is 37.0 Å². The summed E-state index contributed by atoms with van der Waals surface area (Å²) >= 11 is 0. The van der Waals surface area contributed by atoms with Gasteiger partial charge in [-0.2, -0.15) is 0 Å². The molecule has 7 nitrogen and oxygen atoms in total. The standard InChI is InChI=1S/C14H17N3O4/c1-15-8-10-11(16-4-6-21-7-5-16)2-3-12(17(19)20)14(10)13(15)9-18/h2-3,9,13H,4-8H2,1H3. The van der Waals surface area contributed by atoms with Crippen LogP contribution in [0.15, 0.2) is 12.1 Å². The van der Waals surface area contributed by atoms with Crippen LogP contribution >= 0.6 is 0 Å². The first-order valence-corrected chi connectivity index (χ1v) is 6.92. The fraction of sp³-hybridized carbons (Fsp3) is 0.500. The van der Waals surface area contributed by atoms with Gasteiger partial charge in [-0.1, -0.05) is 0 Å². The number of fused-ring (bicyclic) bond motifs is 1. The van der Waals surface area contributed by atoms with Gasteiger partial charge in [-0.25, -0.2) is 0 Å². The second kappa shape index (κ2) is 5.42. The van der Waals surface area contributed by atoms with Gasteiger partial charge in [0.2, 0.25) is 0 Å². The van der Waals surface area contributed by atoms with Gasteiger partial charge in [0.1, 0.15) is 6.29 Å². The maximum atomic E-state index is 11.3. The van der Waals surface area contributed by atoms with Gasteiger partial charge in [0.15, 0.2) is 0 Å². The number of nitrogens with zero attached hydrogens (tertiary/aromatic N) is 3. The van der Waals surface area contributed by atoms with E-state index in [9.17, 15) is 14.9 Å². The lowest BCUT2D eigenvalue weighted by Gasteiger charge is -2.30. The molecular weight excluding hydrogens is 274 g/mol. The predicted molar refractivity (Wildman–Crippen MR) is 76.4 cm³/mol. The van der Waals surface area contributed by atoms with Crippen molar-refractivity contribution in [2.75, 3.05) is 38.3 Å². The second-order valence-corrected chi connectivity index (χ2v) is 5.35. The minimum Gasteiger partial charge on any atom is -0.378 e. The Morgan fingerprint density at radius 2 is 2.10 bits per heavy atom. The molecule has 1 aromatic carbocycles. The highest BCUT2D eigenvalue weighted by atomic mass is 16.6. The van der Waals surface area contributed by atoms with Crippen LogP contribution in [0.2, 0.25) is 0 Å². The molecule has 0 amide bonds. The fourth-order valence-electron chi connectivity index (χ4n) is 3.14. The Morgan fingerprint density at radius 3 is 2.71 bits per heavy atom. The summed E-state index contributed by atoms with van der Waals surface area (Å²) in [5.74, 6) is 0. The molecule has 0 aliphatic carbocycles. The molecule has 1 fully saturated rings. The number of aldehydes is 1. The van der Waals surface area contributed by atoms with Gasteiger partial charge in [0.25, 0.3) is 5.69 Å². The molecule has 112 valence electrons. The highest BCUT2D eigenvalue weighted by Gasteiger charge is 2.37. The first kappa shape index (κ1) is 14.0. The summed E-state index contributed by atoms with van der Waals surface area (Å²) in [6, 6.07) is 2.77. The summed E-state index contributed by atoms with van der Waals surface area (Å²) in [6.07, 6.45) is 0.780. The molecule has 2 aliphatic rings. The molecule has 1 aromatic rings. The van der Waals surface area contributed by atoms with E-state index in [0.717, 1.165) is 30.6 Å². The van der Waals surface area contributed by atoms with Crippen LogP contribution in [-0.2, 0) is 16.1 Å². The molecule has 1 atom stereocenters. The molecule has 0 spiro atoms. The van der Waals surface area contributed by atoms with E-state index in [-0.39, 0.29) is 5.69 Å². The van der Waals surface area contributed by atoms with Gasteiger partial charge < -0.3 is 14.4 Å². The Hall–Kier alpha value is -1.99. The Balaban J connectivity index is 2.11. The molecule has 0 bridgehead atoms. The van der Waals surface area contributed by atoms with E-state index >= 15 is 0 Å². The summed E-state index contributed by atoms with van der Waals surface area (Å²) in [5, 5.41) is 11.3. The Kier molecular flexibility index (Phi) is 3.60. The van der Waals surface area contributed by atoms with E-state index in [4.69, 9.17) is 4.74 Å². The molecule has 7 heteroatoms. The molecule has 0 saturated carbocycles. The molecule has 0 radical (unpaired) electrons. The summed E-state index contributed by atoms with van der Waals surface area (Å²) in [6.45, 7) is 3.38. The number of hydrogen-bond acceptors (Lipinski definition) is 6. The molecule has 0 aromatic heterocycles. The molecule has 2 aliphatic heterocycles. The summed E-state index contributed by atoms with van der Waals surface area (Å²) in [5.41, 5.74) is 2.45. The lowest BCUT2D eigenvalue weighted by atomic mass is 10.0. The fourth-order valence-corrected chi connectivity index (χ4v) is 3.14. The summed E-state index contributed by atoms with van der Waals surface area (Å²) in [7, 11) is 1.81. The number of nitro benzene ring substituents is 1. The Labute approximate surface area is 122 Å². The van der Waals surface area contributed by atoms with Gasteiger partial charge in [-0.15, -0.1) is 0 Å². The third kappa shape index (κ3) is 2.28. The van der Waals surface area contributed by atoms with E-state index in [1.165, 1.54) is 6.07 Å². The molecule has 1 saturated heterocycles. The van der Waals surface area contributed by atoms with Crippen molar-refractivity contribution in [2.24, 2.45) is 0 Å². The molecule has 21 heavy (non-hydrogen) atoms. The number of hydrogen-bond donors (Lipinski definition) is 0. The lowest BCUT2D eigenvalue weighted by molar-refractivity contribution is -0.385. The number of rotatable bonds is 3. The van der Waals surface area contributed by atoms with Crippen molar-refractivity contribution < 1.29 is 14.5 Å². The normalized spacial score (nSPS) is 22.1. The Morgan fingerprint density at radius 1 is 1.38 bits per heavy atom. The SMILES string of the molecule is CN1Cc2c(N3CCOCC3)ccc([N+](=O)[O-])c2C1C=O. The van der Waals surface area contributed by atoms with Crippen molar-refractivity contribution in [1.29, 1.82) is 0 Å². The number of nitro groups is 1. The number of morpholine rings is 1. The zero-order valence-electron chi connectivity index (χ0n) is 11.8. The van der Waals surface area contributed by atoms with Gasteiger partial charge >= 0.3 is 0 Å². The van der Waals surface area contributed by atoms with Crippen LogP contribution in [0.4, 0.5) is 11.4 Å². The van der Waals surface area contributed by atoms with Gasteiger partial charge in [-0.05, 0) is 13.1 Å². The minimum atomic E-state index is -0.540. The first-order chi connectivity index (χ1) is 10.1. The van der Waals surface area contributed by atoms with Crippen molar-refractivity contribution in [3.63, 3.8) is 0 Å². The van der Waals surface area contributed by atoms with Crippen LogP contribution in [-0.4, -0.2) is 49.5 Å². The Bertz CT molecular complexity index is 584. The van der Waals surface area contributed by atoms with Crippen molar-refractivity contribution in [1.82, 2.24) is 4.90 Å². The molecule has 3 rings (SSSR count). The number of carbonyl (C=O) groups excluding carboxylic acids is 1. The molecular formula is C14H17N3O4. The third-order valence-electron chi connectivity index (χ3n) is 4.16. The summed E-state index contributed by atoms with van der Waals surface area (Å²) < 4.78 is 5.35. The zero-order valence-corrected chi connectivity index (χ0v) is 11.8. The topological polar surface area (TPSA) is 75.9 Å². The van der Waals surface area contributed by atoms with Crippen LogP contribution in [0.5, 0.6) is 0 Å². The maximum absolute atomic E-state index is 11.3. The number of benzene rings is 1. The largest absolute Gasteiger partial charge is 0.378 e. The third-order valence-corrected chi connectivity index (χ3v) is 4.16. The monoisotopic (exact) mass is 291 g/mol. The molecule has 0 N–H and O–H groups in total. The van der Waals surface area contributed by atoms with Crippen LogP contribution in [0.25, 0.3) is 0 Å². The van der Waals surface area contributed by atoms with Crippen LogP contribution in [0, 0.1) is 10.1 Å². The quantitative estimate of drug-likeness (QED) is 0.472. The highest BCUT2D eigenvalue weighted by Crippen LogP contribution is 2.42. The first-order valence-electron chi connectivity index (χ1n) is 6.92.